The Hall–Kier alpha value is -2.46. The standard InChI is InChI=1S/C17H14F4N2O3S/c1-27(25,26)12-8-6-11(7-9-12)15-22-16(24,17(19,20)21)10-23(15)14-5-3-2-4-13(14)18/h2-9,24H,10H2,1H3. The second-order valence-corrected chi connectivity index (χ2v) is 8.10. The molecule has 2 aromatic carbocycles. The maximum Gasteiger partial charge on any atom is 0.440 e. The summed E-state index contributed by atoms with van der Waals surface area (Å²) in [5.41, 5.74) is -3.51. The number of amidine groups is 1. The van der Waals surface area contributed by atoms with Crippen molar-refractivity contribution in [2.75, 3.05) is 17.7 Å². The Balaban J connectivity index is 2.12. The van der Waals surface area contributed by atoms with Crippen LogP contribution in [0.2, 0.25) is 0 Å². The third-order valence-corrected chi connectivity index (χ3v) is 5.19. The molecule has 0 fully saturated rings. The number of β-amino-alcohol motifs (C(OH)–C–C–N with tert-alkyl or cyclic N) is 1. The van der Waals surface area contributed by atoms with E-state index in [-0.39, 0.29) is 22.0 Å². The van der Waals surface area contributed by atoms with Crippen molar-refractivity contribution in [1.82, 2.24) is 0 Å². The largest absolute Gasteiger partial charge is 0.440 e. The van der Waals surface area contributed by atoms with E-state index >= 15 is 0 Å². The lowest BCUT2D eigenvalue weighted by atomic mass is 10.1. The topological polar surface area (TPSA) is 70.0 Å². The van der Waals surface area contributed by atoms with Gasteiger partial charge in [-0.1, -0.05) is 12.1 Å². The maximum absolute atomic E-state index is 14.2. The fourth-order valence-corrected chi connectivity index (χ4v) is 3.29. The molecule has 144 valence electrons. The van der Waals surface area contributed by atoms with Crippen LogP contribution in [0.5, 0.6) is 0 Å². The maximum atomic E-state index is 14.2. The molecular formula is C17H14F4N2O3S. The summed E-state index contributed by atoms with van der Waals surface area (Å²) >= 11 is 0. The van der Waals surface area contributed by atoms with E-state index < -0.39 is 34.1 Å². The number of benzene rings is 2. The molecule has 0 bridgehead atoms. The first-order valence-electron chi connectivity index (χ1n) is 7.64. The van der Waals surface area contributed by atoms with Gasteiger partial charge in [-0.25, -0.2) is 17.8 Å². The highest BCUT2D eigenvalue weighted by atomic mass is 32.2. The Kier molecular flexibility index (Phi) is 4.51. The van der Waals surface area contributed by atoms with Crippen LogP contribution in [0.25, 0.3) is 0 Å². The first-order valence-corrected chi connectivity index (χ1v) is 9.53. The van der Waals surface area contributed by atoms with Gasteiger partial charge in [-0.3, -0.25) is 0 Å². The van der Waals surface area contributed by atoms with Crippen molar-refractivity contribution in [3.8, 4) is 0 Å². The van der Waals surface area contributed by atoms with E-state index in [0.29, 0.717) is 0 Å². The van der Waals surface area contributed by atoms with Crippen LogP contribution in [0.4, 0.5) is 23.2 Å². The molecule has 0 aliphatic carbocycles. The van der Waals surface area contributed by atoms with Gasteiger partial charge in [-0.05, 0) is 36.4 Å². The first-order chi connectivity index (χ1) is 12.4. The minimum absolute atomic E-state index is 0.0339. The summed E-state index contributed by atoms with van der Waals surface area (Å²) in [4.78, 5) is 4.29. The number of hydrogen-bond acceptors (Lipinski definition) is 5. The summed E-state index contributed by atoms with van der Waals surface area (Å²) in [6, 6.07) is 10.1. The highest BCUT2D eigenvalue weighted by Gasteiger charge is 2.59. The van der Waals surface area contributed by atoms with Gasteiger partial charge in [-0.15, -0.1) is 0 Å². The Morgan fingerprint density at radius 1 is 1.11 bits per heavy atom. The third kappa shape index (κ3) is 3.54. The van der Waals surface area contributed by atoms with Gasteiger partial charge >= 0.3 is 6.18 Å². The number of nitrogens with zero attached hydrogens (tertiary/aromatic N) is 2. The lowest BCUT2D eigenvalue weighted by Gasteiger charge is -2.25. The number of aliphatic imine (C=N–C) groups is 1. The van der Waals surface area contributed by atoms with Gasteiger partial charge in [0, 0.05) is 11.8 Å². The van der Waals surface area contributed by atoms with Crippen LogP contribution in [0.15, 0.2) is 58.4 Å². The predicted octanol–water partition coefficient (Wildman–Crippen LogP) is 2.75. The highest BCUT2D eigenvalue weighted by Crippen LogP contribution is 2.39. The number of para-hydroxylation sites is 1. The van der Waals surface area contributed by atoms with Crippen LogP contribution in [0.3, 0.4) is 0 Å². The Morgan fingerprint density at radius 2 is 1.70 bits per heavy atom. The molecule has 0 amide bonds. The van der Waals surface area contributed by atoms with Crippen LogP contribution in [0.1, 0.15) is 5.56 Å². The van der Waals surface area contributed by atoms with Crippen molar-refractivity contribution in [3.05, 3.63) is 59.9 Å². The quantitative estimate of drug-likeness (QED) is 0.802. The van der Waals surface area contributed by atoms with Crippen molar-refractivity contribution >= 4 is 21.4 Å². The number of halogens is 4. The molecule has 0 saturated heterocycles. The van der Waals surface area contributed by atoms with Gasteiger partial charge in [0.1, 0.15) is 11.7 Å². The minimum atomic E-state index is -5.08. The average Bonchev–Trinajstić information content (AvgIpc) is 2.93. The number of aliphatic hydroxyl groups is 1. The molecule has 2 aromatic rings. The van der Waals surface area contributed by atoms with Crippen molar-refractivity contribution < 1.29 is 31.1 Å². The highest BCUT2D eigenvalue weighted by molar-refractivity contribution is 7.90. The lowest BCUT2D eigenvalue weighted by Crippen LogP contribution is -2.47. The smallest absolute Gasteiger partial charge is 0.361 e. The van der Waals surface area contributed by atoms with Gasteiger partial charge in [0.15, 0.2) is 9.84 Å². The van der Waals surface area contributed by atoms with Gasteiger partial charge < -0.3 is 10.0 Å². The number of hydrogen-bond donors (Lipinski definition) is 1. The fourth-order valence-electron chi connectivity index (χ4n) is 2.66. The molecule has 1 unspecified atom stereocenters. The second kappa shape index (κ2) is 6.31. The van der Waals surface area contributed by atoms with E-state index in [9.17, 15) is 31.1 Å². The summed E-state index contributed by atoms with van der Waals surface area (Å²) < 4.78 is 77.1. The van der Waals surface area contributed by atoms with Crippen molar-refractivity contribution in [1.29, 1.82) is 0 Å². The molecule has 1 aliphatic rings. The number of sulfone groups is 1. The lowest BCUT2D eigenvalue weighted by molar-refractivity contribution is -0.249. The summed E-state index contributed by atoms with van der Waals surface area (Å²) in [6.07, 6.45) is -4.09. The Bertz CT molecular complexity index is 1000. The monoisotopic (exact) mass is 402 g/mol. The Labute approximate surface area is 152 Å². The zero-order valence-corrected chi connectivity index (χ0v) is 14.7. The van der Waals surface area contributed by atoms with Gasteiger partial charge in [0.25, 0.3) is 5.72 Å². The number of rotatable bonds is 3. The van der Waals surface area contributed by atoms with E-state index in [2.05, 4.69) is 4.99 Å². The Morgan fingerprint density at radius 3 is 2.22 bits per heavy atom. The molecule has 1 N–H and O–H groups in total. The molecule has 0 saturated carbocycles. The first kappa shape index (κ1) is 19.3. The zero-order valence-electron chi connectivity index (χ0n) is 13.9. The molecule has 5 nitrogen and oxygen atoms in total. The van der Waals surface area contributed by atoms with Crippen LogP contribution < -0.4 is 4.90 Å². The van der Waals surface area contributed by atoms with Gasteiger partial charge in [-0.2, -0.15) is 13.2 Å². The molecule has 1 heterocycles. The second-order valence-electron chi connectivity index (χ2n) is 6.08. The zero-order chi connectivity index (χ0) is 20.0. The molecule has 10 heteroatoms. The molecule has 1 aliphatic heterocycles. The normalized spacial score (nSPS) is 20.7. The van der Waals surface area contributed by atoms with E-state index in [1.165, 1.54) is 42.5 Å². The summed E-state index contributed by atoms with van der Waals surface area (Å²) in [5.74, 6) is -1.11. The van der Waals surface area contributed by atoms with Gasteiger partial charge in [0.05, 0.1) is 17.1 Å². The fraction of sp³-hybridized carbons (Fsp3) is 0.235. The number of alkyl halides is 3. The SMILES string of the molecule is CS(=O)(=O)c1ccc(C2=NC(O)(C(F)(F)F)CN2c2ccccc2F)cc1. The average molecular weight is 402 g/mol. The van der Waals surface area contributed by atoms with Crippen LogP contribution in [-0.2, 0) is 9.84 Å². The molecule has 0 spiro atoms. The molecule has 3 rings (SSSR count). The van der Waals surface area contributed by atoms with E-state index in [4.69, 9.17) is 0 Å². The van der Waals surface area contributed by atoms with Crippen LogP contribution in [0, 0.1) is 5.82 Å². The van der Waals surface area contributed by atoms with Crippen molar-refractivity contribution in [2.24, 2.45) is 4.99 Å². The van der Waals surface area contributed by atoms with Crippen LogP contribution in [-0.4, -0.2) is 44.1 Å². The summed E-state index contributed by atoms with van der Waals surface area (Å²) in [7, 11) is -3.50. The molecule has 0 radical (unpaired) electrons. The molecule has 0 aromatic heterocycles. The molecule has 27 heavy (non-hydrogen) atoms. The molecule has 1 atom stereocenters. The predicted molar refractivity (Wildman–Crippen MR) is 90.8 cm³/mol. The van der Waals surface area contributed by atoms with Crippen LogP contribution >= 0.6 is 0 Å². The number of anilines is 1. The van der Waals surface area contributed by atoms with E-state index in [0.717, 1.165) is 17.2 Å². The minimum Gasteiger partial charge on any atom is -0.361 e. The summed E-state index contributed by atoms with van der Waals surface area (Å²) in [6.45, 7) is -1.03. The van der Waals surface area contributed by atoms with Crippen molar-refractivity contribution in [2.45, 2.75) is 16.8 Å². The third-order valence-electron chi connectivity index (χ3n) is 4.06. The van der Waals surface area contributed by atoms with E-state index in [1.807, 2.05) is 0 Å². The van der Waals surface area contributed by atoms with E-state index in [1.54, 1.807) is 0 Å². The van der Waals surface area contributed by atoms with Crippen molar-refractivity contribution in [3.63, 3.8) is 0 Å². The molecular weight excluding hydrogens is 388 g/mol. The summed E-state index contributed by atoms with van der Waals surface area (Å²) in [5, 5.41) is 9.99. The van der Waals surface area contributed by atoms with Gasteiger partial charge in [0.2, 0.25) is 0 Å².